The first kappa shape index (κ1) is 12.0. The fourth-order valence-corrected chi connectivity index (χ4v) is 2.06. The van der Waals surface area contributed by atoms with Crippen LogP contribution in [0.4, 0.5) is 16.2 Å². The van der Waals surface area contributed by atoms with Crippen LogP contribution < -0.4 is 10.6 Å². The van der Waals surface area contributed by atoms with Gasteiger partial charge in [0, 0.05) is 19.6 Å². The lowest BCUT2D eigenvalue weighted by atomic mass is 10.2. The molecule has 0 amide bonds. The number of halogens is 1. The van der Waals surface area contributed by atoms with Crippen LogP contribution in [0.15, 0.2) is 6.20 Å². The predicted molar refractivity (Wildman–Crippen MR) is 65.7 cm³/mol. The third kappa shape index (κ3) is 2.82. The van der Waals surface area contributed by atoms with Crippen LogP contribution in [0.2, 0.25) is 0 Å². The van der Waals surface area contributed by atoms with Gasteiger partial charge in [0.05, 0.1) is 6.20 Å². The van der Waals surface area contributed by atoms with Crippen molar-refractivity contribution in [2.24, 2.45) is 0 Å². The van der Waals surface area contributed by atoms with E-state index >= 15 is 0 Å². The van der Waals surface area contributed by atoms with Gasteiger partial charge in [-0.05, 0) is 26.4 Å². The molecule has 0 radical (unpaired) electrons. The molecule has 1 aromatic heterocycles. The highest BCUT2D eigenvalue weighted by Crippen LogP contribution is 2.17. The van der Waals surface area contributed by atoms with Crippen LogP contribution in [-0.4, -0.2) is 48.1 Å². The zero-order valence-corrected chi connectivity index (χ0v) is 10.2. The zero-order valence-electron chi connectivity index (χ0n) is 10.2. The van der Waals surface area contributed by atoms with Crippen LogP contribution in [-0.2, 0) is 0 Å². The van der Waals surface area contributed by atoms with E-state index in [-0.39, 0.29) is 5.82 Å². The quantitative estimate of drug-likeness (QED) is 0.826. The highest BCUT2D eigenvalue weighted by atomic mass is 19.1. The minimum Gasteiger partial charge on any atom is -0.366 e. The summed E-state index contributed by atoms with van der Waals surface area (Å²) in [7, 11) is 3.80. The molecule has 17 heavy (non-hydrogen) atoms. The van der Waals surface area contributed by atoms with E-state index in [0.717, 1.165) is 13.0 Å². The number of likely N-dealkylation sites (N-methyl/N-ethyl adjacent to an activating group) is 1. The molecule has 0 bridgehead atoms. The number of nitrogens with zero attached hydrogens (tertiary/aromatic N) is 3. The Morgan fingerprint density at radius 3 is 3.06 bits per heavy atom. The summed E-state index contributed by atoms with van der Waals surface area (Å²) in [6.07, 6.45) is 3.53. The van der Waals surface area contributed by atoms with E-state index in [1.54, 1.807) is 7.05 Å². The maximum atomic E-state index is 13.4. The van der Waals surface area contributed by atoms with Crippen molar-refractivity contribution < 1.29 is 4.39 Å². The number of hydrogen-bond donors (Lipinski definition) is 2. The summed E-state index contributed by atoms with van der Waals surface area (Å²) in [5.41, 5.74) is 0. The van der Waals surface area contributed by atoms with Crippen molar-refractivity contribution in [3.8, 4) is 0 Å². The van der Waals surface area contributed by atoms with E-state index in [1.807, 2.05) is 0 Å². The molecule has 2 rings (SSSR count). The van der Waals surface area contributed by atoms with Crippen molar-refractivity contribution in [3.05, 3.63) is 12.0 Å². The average Bonchev–Trinajstić information content (AvgIpc) is 2.74. The Labute approximate surface area is 100 Å². The van der Waals surface area contributed by atoms with Crippen molar-refractivity contribution in [1.29, 1.82) is 0 Å². The van der Waals surface area contributed by atoms with E-state index < -0.39 is 5.82 Å². The minimum absolute atomic E-state index is 0.268. The van der Waals surface area contributed by atoms with Crippen molar-refractivity contribution >= 4 is 11.8 Å². The summed E-state index contributed by atoms with van der Waals surface area (Å²) < 4.78 is 13.4. The van der Waals surface area contributed by atoms with Gasteiger partial charge in [-0.1, -0.05) is 0 Å². The number of hydrogen-bond acceptors (Lipinski definition) is 5. The van der Waals surface area contributed by atoms with Crippen LogP contribution in [0.3, 0.4) is 0 Å². The molecule has 1 aromatic rings. The third-order valence-corrected chi connectivity index (χ3v) is 3.14. The first-order valence-corrected chi connectivity index (χ1v) is 5.85. The van der Waals surface area contributed by atoms with Crippen molar-refractivity contribution in [2.75, 3.05) is 37.8 Å². The van der Waals surface area contributed by atoms with Gasteiger partial charge < -0.3 is 15.5 Å². The molecule has 5 nitrogen and oxygen atoms in total. The Hall–Kier alpha value is -1.43. The Morgan fingerprint density at radius 1 is 1.59 bits per heavy atom. The number of likely N-dealkylation sites (tertiary alicyclic amines) is 1. The van der Waals surface area contributed by atoms with Gasteiger partial charge in [0.1, 0.15) is 0 Å². The van der Waals surface area contributed by atoms with Gasteiger partial charge in [-0.15, -0.1) is 0 Å². The molecular formula is C11H18FN5. The SMILES string of the molecule is CNc1ncc(F)c(NCC2CCCN2C)n1. The summed E-state index contributed by atoms with van der Waals surface area (Å²) in [6.45, 7) is 1.83. The molecule has 1 aliphatic heterocycles. The molecule has 0 saturated carbocycles. The van der Waals surface area contributed by atoms with E-state index in [0.29, 0.717) is 18.5 Å². The predicted octanol–water partition coefficient (Wildman–Crippen LogP) is 1.16. The molecule has 1 aliphatic rings. The van der Waals surface area contributed by atoms with Crippen LogP contribution in [0.5, 0.6) is 0 Å². The monoisotopic (exact) mass is 239 g/mol. The second-order valence-electron chi connectivity index (χ2n) is 4.30. The summed E-state index contributed by atoms with van der Waals surface area (Å²) in [6, 6.07) is 0.461. The van der Waals surface area contributed by atoms with Gasteiger partial charge in [0.15, 0.2) is 11.6 Å². The first-order chi connectivity index (χ1) is 8.20. The fraction of sp³-hybridized carbons (Fsp3) is 0.636. The topological polar surface area (TPSA) is 53.1 Å². The van der Waals surface area contributed by atoms with E-state index in [9.17, 15) is 4.39 Å². The molecule has 1 atom stereocenters. The Bertz CT molecular complexity index is 384. The van der Waals surface area contributed by atoms with Crippen molar-refractivity contribution in [2.45, 2.75) is 18.9 Å². The van der Waals surface area contributed by atoms with Gasteiger partial charge >= 0.3 is 0 Å². The molecule has 1 fully saturated rings. The minimum atomic E-state index is -0.412. The largest absolute Gasteiger partial charge is 0.366 e. The summed E-state index contributed by atoms with van der Waals surface area (Å²) in [4.78, 5) is 10.1. The highest BCUT2D eigenvalue weighted by molar-refractivity contribution is 5.40. The molecule has 0 aromatic carbocycles. The molecule has 0 aliphatic carbocycles. The molecule has 6 heteroatoms. The van der Waals surface area contributed by atoms with E-state index in [4.69, 9.17) is 0 Å². The van der Waals surface area contributed by atoms with Gasteiger partial charge in [-0.25, -0.2) is 9.37 Å². The van der Waals surface area contributed by atoms with Crippen LogP contribution >= 0.6 is 0 Å². The molecule has 2 N–H and O–H groups in total. The van der Waals surface area contributed by atoms with E-state index in [2.05, 4.69) is 32.5 Å². The van der Waals surface area contributed by atoms with Crippen LogP contribution in [0, 0.1) is 5.82 Å². The van der Waals surface area contributed by atoms with Crippen molar-refractivity contribution in [1.82, 2.24) is 14.9 Å². The summed E-state index contributed by atoms with van der Waals surface area (Å²) in [5.74, 6) is 0.281. The fourth-order valence-electron chi connectivity index (χ4n) is 2.06. The van der Waals surface area contributed by atoms with Crippen LogP contribution in [0.25, 0.3) is 0 Å². The molecule has 1 saturated heterocycles. The average molecular weight is 239 g/mol. The van der Waals surface area contributed by atoms with E-state index in [1.165, 1.54) is 12.6 Å². The molecule has 1 unspecified atom stereocenters. The smallest absolute Gasteiger partial charge is 0.224 e. The molecule has 2 heterocycles. The second-order valence-corrected chi connectivity index (χ2v) is 4.30. The number of aromatic nitrogens is 2. The summed E-state index contributed by atoms with van der Waals surface area (Å²) >= 11 is 0. The number of nitrogens with one attached hydrogen (secondary N) is 2. The van der Waals surface area contributed by atoms with Gasteiger partial charge in [0.2, 0.25) is 5.95 Å². The Morgan fingerprint density at radius 2 is 2.41 bits per heavy atom. The standard InChI is InChI=1S/C11H18FN5/c1-13-11-15-7-9(12)10(16-11)14-6-8-4-3-5-17(8)2/h7-8H,3-6H2,1-2H3,(H2,13,14,15,16). The molecule has 0 spiro atoms. The van der Waals surface area contributed by atoms with Gasteiger partial charge in [-0.3, -0.25) is 0 Å². The lowest BCUT2D eigenvalue weighted by molar-refractivity contribution is 0.322. The summed E-state index contributed by atoms with van der Waals surface area (Å²) in [5, 5.41) is 5.84. The lowest BCUT2D eigenvalue weighted by Crippen LogP contribution is -2.32. The maximum absolute atomic E-state index is 13.4. The number of rotatable bonds is 4. The first-order valence-electron chi connectivity index (χ1n) is 5.85. The normalized spacial score (nSPS) is 20.5. The van der Waals surface area contributed by atoms with Crippen LogP contribution in [0.1, 0.15) is 12.8 Å². The molecule has 94 valence electrons. The van der Waals surface area contributed by atoms with Gasteiger partial charge in [0.25, 0.3) is 0 Å². The second kappa shape index (κ2) is 5.27. The Balaban J connectivity index is 1.98. The number of anilines is 2. The van der Waals surface area contributed by atoms with Crippen molar-refractivity contribution in [3.63, 3.8) is 0 Å². The lowest BCUT2D eigenvalue weighted by Gasteiger charge is -2.20. The zero-order chi connectivity index (χ0) is 12.3. The third-order valence-electron chi connectivity index (χ3n) is 3.14. The Kier molecular flexibility index (Phi) is 3.73. The maximum Gasteiger partial charge on any atom is 0.224 e. The highest BCUT2D eigenvalue weighted by Gasteiger charge is 2.20. The molecular weight excluding hydrogens is 221 g/mol. The van der Waals surface area contributed by atoms with Gasteiger partial charge in [-0.2, -0.15) is 4.98 Å².